The summed E-state index contributed by atoms with van der Waals surface area (Å²) in [6, 6.07) is 14.2. The number of aryl methyl sites for hydroxylation is 2. The lowest BCUT2D eigenvalue weighted by Gasteiger charge is -2.15. The fourth-order valence-electron chi connectivity index (χ4n) is 2.97. The van der Waals surface area contributed by atoms with Gasteiger partial charge in [-0.15, -0.1) is 24.0 Å². The van der Waals surface area contributed by atoms with Gasteiger partial charge in [0.2, 0.25) is 0 Å². The molecule has 1 aliphatic heterocycles. The summed E-state index contributed by atoms with van der Waals surface area (Å²) in [5.74, 6) is 1.24. The molecule has 1 atom stereocenters. The monoisotopic (exact) mass is 481 g/mol. The predicted octanol–water partition coefficient (Wildman–Crippen LogP) is 4.41. The van der Waals surface area contributed by atoms with Crippen molar-refractivity contribution in [3.05, 3.63) is 59.2 Å². The number of halogens is 1. The van der Waals surface area contributed by atoms with Crippen LogP contribution in [0.25, 0.3) is 0 Å². The van der Waals surface area contributed by atoms with Gasteiger partial charge in [0.15, 0.2) is 5.96 Å². The van der Waals surface area contributed by atoms with E-state index >= 15 is 0 Å². The number of aliphatic imine (C=N–C) groups is 1. The molecular formula is C21H28IN3O2. The summed E-state index contributed by atoms with van der Waals surface area (Å²) in [5.41, 5.74) is 10.3. The Labute approximate surface area is 178 Å². The molecule has 0 spiro atoms. The zero-order valence-electron chi connectivity index (χ0n) is 15.9. The highest BCUT2D eigenvalue weighted by Crippen LogP contribution is 2.23. The summed E-state index contributed by atoms with van der Waals surface area (Å²) in [5, 5.41) is 3.13. The molecule has 27 heavy (non-hydrogen) atoms. The summed E-state index contributed by atoms with van der Waals surface area (Å²) >= 11 is 0. The molecule has 0 bridgehead atoms. The van der Waals surface area contributed by atoms with E-state index in [1.807, 2.05) is 43.3 Å². The van der Waals surface area contributed by atoms with E-state index in [1.54, 1.807) is 0 Å². The van der Waals surface area contributed by atoms with Crippen LogP contribution in [0.5, 0.6) is 5.75 Å². The Hall–Kier alpha value is -1.80. The molecule has 3 rings (SSSR count). The van der Waals surface area contributed by atoms with Crippen molar-refractivity contribution in [2.24, 2.45) is 10.7 Å². The van der Waals surface area contributed by atoms with Crippen molar-refractivity contribution >= 4 is 35.6 Å². The van der Waals surface area contributed by atoms with Crippen LogP contribution >= 0.6 is 24.0 Å². The number of nitrogens with one attached hydrogen (secondary N) is 1. The third kappa shape index (κ3) is 6.70. The van der Waals surface area contributed by atoms with Crippen molar-refractivity contribution in [2.45, 2.75) is 39.3 Å². The van der Waals surface area contributed by atoms with E-state index in [0.717, 1.165) is 42.0 Å². The van der Waals surface area contributed by atoms with Crippen LogP contribution in [0.4, 0.5) is 5.69 Å². The first-order valence-electron chi connectivity index (χ1n) is 9.08. The summed E-state index contributed by atoms with van der Waals surface area (Å²) < 4.78 is 11.6. The number of ether oxygens (including phenoxy) is 2. The van der Waals surface area contributed by atoms with Crippen molar-refractivity contribution in [1.82, 2.24) is 0 Å². The molecule has 2 aromatic rings. The number of rotatable bonds is 6. The zero-order chi connectivity index (χ0) is 18.4. The second-order valence-corrected chi connectivity index (χ2v) is 6.75. The molecule has 1 aliphatic rings. The summed E-state index contributed by atoms with van der Waals surface area (Å²) in [4.78, 5) is 4.46. The molecule has 0 saturated carbocycles. The minimum Gasteiger partial charge on any atom is -0.491 e. The van der Waals surface area contributed by atoms with Crippen LogP contribution in [0, 0.1) is 13.8 Å². The van der Waals surface area contributed by atoms with Crippen molar-refractivity contribution in [3.8, 4) is 5.75 Å². The van der Waals surface area contributed by atoms with Gasteiger partial charge in [-0.2, -0.15) is 0 Å². The van der Waals surface area contributed by atoms with Crippen LogP contribution in [0.2, 0.25) is 0 Å². The number of guanidine groups is 1. The topological polar surface area (TPSA) is 68.9 Å². The normalized spacial score (nSPS) is 16.7. The Bertz CT molecular complexity index is 774. The highest BCUT2D eigenvalue weighted by Gasteiger charge is 2.16. The van der Waals surface area contributed by atoms with Gasteiger partial charge in [0.05, 0.1) is 12.6 Å². The zero-order valence-corrected chi connectivity index (χ0v) is 18.2. The quantitative estimate of drug-likeness (QED) is 0.365. The summed E-state index contributed by atoms with van der Waals surface area (Å²) in [6.07, 6.45) is 2.37. The Kier molecular flexibility index (Phi) is 8.37. The third-order valence-electron chi connectivity index (χ3n) is 4.38. The highest BCUT2D eigenvalue weighted by molar-refractivity contribution is 14.0. The van der Waals surface area contributed by atoms with Crippen LogP contribution in [0.3, 0.4) is 0 Å². The second-order valence-electron chi connectivity index (χ2n) is 6.75. The SMILES string of the molecule is Cc1cccc(NC(N)=NCc2ccc(C)cc2OCC2CCCO2)c1.I. The van der Waals surface area contributed by atoms with Crippen LogP contribution in [0.1, 0.15) is 29.5 Å². The first-order chi connectivity index (χ1) is 12.6. The van der Waals surface area contributed by atoms with Gasteiger partial charge >= 0.3 is 0 Å². The van der Waals surface area contributed by atoms with Gasteiger partial charge in [-0.25, -0.2) is 4.99 Å². The lowest BCUT2D eigenvalue weighted by atomic mass is 10.1. The van der Waals surface area contributed by atoms with Gasteiger partial charge in [-0.05, 0) is 56.0 Å². The molecule has 0 radical (unpaired) electrons. The minimum atomic E-state index is 0. The average molecular weight is 481 g/mol. The van der Waals surface area contributed by atoms with Crippen LogP contribution < -0.4 is 15.8 Å². The standard InChI is InChI=1S/C21H27N3O2.HI/c1-15-5-3-6-18(11-15)24-21(22)23-13-17-9-8-16(2)12-20(17)26-14-19-7-4-10-25-19;/h3,5-6,8-9,11-12,19H,4,7,10,13-14H2,1-2H3,(H3,22,23,24);1H. The second kappa shape index (κ2) is 10.5. The van der Waals surface area contributed by atoms with Gasteiger partial charge in [0.25, 0.3) is 0 Å². The first kappa shape index (κ1) is 21.5. The van der Waals surface area contributed by atoms with Gasteiger partial charge in [-0.3, -0.25) is 0 Å². The summed E-state index contributed by atoms with van der Waals surface area (Å²) in [6.45, 7) is 5.98. The van der Waals surface area contributed by atoms with Gasteiger partial charge < -0.3 is 20.5 Å². The van der Waals surface area contributed by atoms with E-state index in [2.05, 4.69) is 23.3 Å². The van der Waals surface area contributed by atoms with Crippen molar-refractivity contribution in [1.29, 1.82) is 0 Å². The Balaban J connectivity index is 0.00000261. The molecular weight excluding hydrogens is 453 g/mol. The maximum atomic E-state index is 6.04. The lowest BCUT2D eigenvalue weighted by Crippen LogP contribution is -2.22. The highest BCUT2D eigenvalue weighted by atomic mass is 127. The number of anilines is 1. The average Bonchev–Trinajstić information content (AvgIpc) is 3.12. The molecule has 1 heterocycles. The molecule has 0 aliphatic carbocycles. The molecule has 3 N–H and O–H groups in total. The van der Waals surface area contributed by atoms with Gasteiger partial charge in [-0.1, -0.05) is 24.3 Å². The molecule has 6 heteroatoms. The maximum Gasteiger partial charge on any atom is 0.193 e. The molecule has 1 unspecified atom stereocenters. The molecule has 146 valence electrons. The third-order valence-corrected chi connectivity index (χ3v) is 4.38. The molecule has 1 saturated heterocycles. The van der Waals surface area contributed by atoms with Gasteiger partial charge in [0, 0.05) is 17.9 Å². The molecule has 1 fully saturated rings. The molecule has 0 aromatic heterocycles. The Morgan fingerprint density at radius 3 is 2.78 bits per heavy atom. The van der Waals surface area contributed by atoms with Gasteiger partial charge in [0.1, 0.15) is 12.4 Å². The van der Waals surface area contributed by atoms with Crippen LogP contribution in [0.15, 0.2) is 47.5 Å². The smallest absolute Gasteiger partial charge is 0.193 e. The largest absolute Gasteiger partial charge is 0.491 e. The van der Waals surface area contributed by atoms with Crippen molar-refractivity contribution in [2.75, 3.05) is 18.5 Å². The number of nitrogens with two attached hydrogens (primary N) is 1. The molecule has 0 amide bonds. The lowest BCUT2D eigenvalue weighted by molar-refractivity contribution is 0.0676. The Morgan fingerprint density at radius 2 is 2.04 bits per heavy atom. The molecule has 5 nitrogen and oxygen atoms in total. The van der Waals surface area contributed by atoms with E-state index in [-0.39, 0.29) is 30.1 Å². The van der Waals surface area contributed by atoms with Crippen molar-refractivity contribution < 1.29 is 9.47 Å². The van der Waals surface area contributed by atoms with Crippen molar-refractivity contribution in [3.63, 3.8) is 0 Å². The number of hydrogen-bond donors (Lipinski definition) is 2. The molecule has 2 aromatic carbocycles. The van der Waals surface area contributed by atoms with E-state index in [4.69, 9.17) is 15.2 Å². The van der Waals surface area contributed by atoms with E-state index in [1.165, 1.54) is 5.56 Å². The number of hydrogen-bond acceptors (Lipinski definition) is 3. The van der Waals surface area contributed by atoms with E-state index in [9.17, 15) is 0 Å². The Morgan fingerprint density at radius 1 is 1.22 bits per heavy atom. The maximum absolute atomic E-state index is 6.04. The number of nitrogens with zero attached hydrogens (tertiary/aromatic N) is 1. The fourth-order valence-corrected chi connectivity index (χ4v) is 2.97. The van der Waals surface area contributed by atoms with Crippen LogP contribution in [-0.2, 0) is 11.3 Å². The van der Waals surface area contributed by atoms with E-state index < -0.39 is 0 Å². The fraction of sp³-hybridized carbons (Fsp3) is 0.381. The number of benzene rings is 2. The predicted molar refractivity (Wildman–Crippen MR) is 121 cm³/mol. The van der Waals surface area contributed by atoms with E-state index in [0.29, 0.717) is 19.1 Å². The minimum absolute atomic E-state index is 0. The van der Waals surface area contributed by atoms with Crippen LogP contribution in [-0.4, -0.2) is 25.3 Å². The first-order valence-corrected chi connectivity index (χ1v) is 9.08. The summed E-state index contributed by atoms with van der Waals surface area (Å²) in [7, 11) is 0.